The van der Waals surface area contributed by atoms with Crippen LogP contribution in [0.25, 0.3) is 0 Å². The molecule has 0 unspecified atom stereocenters. The van der Waals surface area contributed by atoms with Gasteiger partial charge in [-0.15, -0.1) is 0 Å². The number of carbonyl (C=O) groups is 1. The van der Waals surface area contributed by atoms with E-state index in [0.29, 0.717) is 12.0 Å². The molecule has 94 valence electrons. The van der Waals surface area contributed by atoms with Gasteiger partial charge in [-0.2, -0.15) is 5.10 Å². The fourth-order valence-electron chi connectivity index (χ4n) is 2.37. The molecule has 17 heavy (non-hydrogen) atoms. The third kappa shape index (κ3) is 3.32. The first-order valence-corrected chi connectivity index (χ1v) is 6.32. The van der Waals surface area contributed by atoms with Gasteiger partial charge in [-0.05, 0) is 31.1 Å². The van der Waals surface area contributed by atoms with Gasteiger partial charge in [0.2, 0.25) is 5.91 Å². The number of amides is 1. The number of carbonyl (C=O) groups excluding carboxylic acids is 1. The second-order valence-corrected chi connectivity index (χ2v) is 5.76. The van der Waals surface area contributed by atoms with Crippen molar-refractivity contribution in [1.82, 2.24) is 15.5 Å². The SMILES string of the molecule is CC1(C)CCC(C(=O)NCc2cn[nH]c2)CC1. The third-order valence-electron chi connectivity index (χ3n) is 3.73. The van der Waals surface area contributed by atoms with E-state index in [0.717, 1.165) is 31.2 Å². The molecule has 2 N–H and O–H groups in total. The maximum atomic E-state index is 12.0. The Bertz CT molecular complexity index is 360. The minimum atomic E-state index is 0.196. The number of aromatic nitrogens is 2. The van der Waals surface area contributed by atoms with Crippen molar-refractivity contribution in [2.75, 3.05) is 0 Å². The van der Waals surface area contributed by atoms with Gasteiger partial charge < -0.3 is 5.32 Å². The Balaban J connectivity index is 1.77. The molecule has 0 saturated heterocycles. The first kappa shape index (κ1) is 12.1. The van der Waals surface area contributed by atoms with Crippen LogP contribution in [0.2, 0.25) is 0 Å². The second-order valence-electron chi connectivity index (χ2n) is 5.76. The van der Waals surface area contributed by atoms with E-state index >= 15 is 0 Å². The first-order valence-electron chi connectivity index (χ1n) is 6.32. The lowest BCUT2D eigenvalue weighted by Gasteiger charge is -2.33. The average molecular weight is 235 g/mol. The zero-order valence-electron chi connectivity index (χ0n) is 10.6. The molecule has 0 aromatic carbocycles. The van der Waals surface area contributed by atoms with Crippen molar-refractivity contribution in [1.29, 1.82) is 0 Å². The van der Waals surface area contributed by atoms with Crippen LogP contribution in [0.3, 0.4) is 0 Å². The molecule has 0 atom stereocenters. The molecule has 4 heteroatoms. The number of nitrogens with zero attached hydrogens (tertiary/aromatic N) is 1. The van der Waals surface area contributed by atoms with Gasteiger partial charge in [0.25, 0.3) is 0 Å². The van der Waals surface area contributed by atoms with Crippen LogP contribution >= 0.6 is 0 Å². The van der Waals surface area contributed by atoms with Crippen LogP contribution in [0.1, 0.15) is 45.1 Å². The smallest absolute Gasteiger partial charge is 0.223 e. The van der Waals surface area contributed by atoms with Gasteiger partial charge in [0.15, 0.2) is 0 Å². The van der Waals surface area contributed by atoms with E-state index in [9.17, 15) is 4.79 Å². The molecule has 1 aliphatic carbocycles. The predicted molar refractivity (Wildman–Crippen MR) is 66.2 cm³/mol. The lowest BCUT2D eigenvalue weighted by atomic mass is 9.73. The topological polar surface area (TPSA) is 57.8 Å². The number of hydrogen-bond donors (Lipinski definition) is 2. The molecule has 1 aromatic rings. The molecule has 1 saturated carbocycles. The van der Waals surface area contributed by atoms with E-state index < -0.39 is 0 Å². The number of rotatable bonds is 3. The molecule has 1 amide bonds. The fourth-order valence-corrected chi connectivity index (χ4v) is 2.37. The van der Waals surface area contributed by atoms with Crippen LogP contribution in [0, 0.1) is 11.3 Å². The second kappa shape index (κ2) is 4.90. The molecule has 2 rings (SSSR count). The Labute approximate surface area is 102 Å². The van der Waals surface area contributed by atoms with Crippen molar-refractivity contribution in [3.63, 3.8) is 0 Å². The van der Waals surface area contributed by atoms with Gasteiger partial charge in [-0.3, -0.25) is 9.89 Å². The number of aromatic amines is 1. The average Bonchev–Trinajstić information content (AvgIpc) is 2.78. The first-order chi connectivity index (χ1) is 8.07. The summed E-state index contributed by atoms with van der Waals surface area (Å²) >= 11 is 0. The van der Waals surface area contributed by atoms with E-state index in [1.807, 2.05) is 6.20 Å². The van der Waals surface area contributed by atoms with E-state index in [2.05, 4.69) is 29.4 Å². The molecule has 0 spiro atoms. The molecule has 1 aromatic heterocycles. The molecule has 1 fully saturated rings. The Morgan fingerprint density at radius 3 is 2.82 bits per heavy atom. The Hall–Kier alpha value is -1.32. The molecule has 1 aliphatic rings. The van der Waals surface area contributed by atoms with Crippen molar-refractivity contribution in [2.24, 2.45) is 11.3 Å². The van der Waals surface area contributed by atoms with E-state index in [1.165, 1.54) is 0 Å². The van der Waals surface area contributed by atoms with Gasteiger partial charge in [0.1, 0.15) is 0 Å². The molecular weight excluding hydrogens is 214 g/mol. The van der Waals surface area contributed by atoms with E-state index in [-0.39, 0.29) is 11.8 Å². The van der Waals surface area contributed by atoms with Crippen molar-refractivity contribution in [3.8, 4) is 0 Å². The zero-order valence-corrected chi connectivity index (χ0v) is 10.6. The van der Waals surface area contributed by atoms with Crippen molar-refractivity contribution < 1.29 is 4.79 Å². The molecule has 0 aliphatic heterocycles. The van der Waals surface area contributed by atoms with E-state index in [1.54, 1.807) is 6.20 Å². The molecule has 1 heterocycles. The highest BCUT2D eigenvalue weighted by Crippen LogP contribution is 2.37. The fraction of sp³-hybridized carbons (Fsp3) is 0.692. The predicted octanol–water partition coefficient (Wildman–Crippen LogP) is 2.24. The Morgan fingerprint density at radius 1 is 1.53 bits per heavy atom. The highest BCUT2D eigenvalue weighted by molar-refractivity contribution is 5.78. The van der Waals surface area contributed by atoms with Gasteiger partial charge >= 0.3 is 0 Å². The van der Waals surface area contributed by atoms with Gasteiger partial charge in [0.05, 0.1) is 6.20 Å². The third-order valence-corrected chi connectivity index (χ3v) is 3.73. The van der Waals surface area contributed by atoms with Crippen LogP contribution in [0.15, 0.2) is 12.4 Å². The standard InChI is InChI=1S/C13H21N3O/c1-13(2)5-3-11(4-6-13)12(17)14-7-10-8-15-16-9-10/h8-9,11H,3-7H2,1-2H3,(H,14,17)(H,15,16). The quantitative estimate of drug-likeness (QED) is 0.844. The summed E-state index contributed by atoms with van der Waals surface area (Å²) in [6.07, 6.45) is 7.89. The van der Waals surface area contributed by atoms with E-state index in [4.69, 9.17) is 0 Å². The summed E-state index contributed by atoms with van der Waals surface area (Å²) in [5.41, 5.74) is 1.44. The lowest BCUT2D eigenvalue weighted by molar-refractivity contribution is -0.126. The maximum Gasteiger partial charge on any atom is 0.223 e. The Kier molecular flexibility index (Phi) is 3.50. The normalized spacial score (nSPS) is 20.1. The summed E-state index contributed by atoms with van der Waals surface area (Å²) in [5, 5.41) is 9.58. The number of nitrogens with one attached hydrogen (secondary N) is 2. The molecule has 0 bridgehead atoms. The highest BCUT2D eigenvalue weighted by Gasteiger charge is 2.30. The maximum absolute atomic E-state index is 12.0. The molecule has 4 nitrogen and oxygen atoms in total. The summed E-state index contributed by atoms with van der Waals surface area (Å²) in [5.74, 6) is 0.400. The number of hydrogen-bond acceptors (Lipinski definition) is 2. The lowest BCUT2D eigenvalue weighted by Crippen LogP contribution is -2.34. The zero-order chi connectivity index (χ0) is 12.3. The summed E-state index contributed by atoms with van der Waals surface area (Å²) < 4.78 is 0. The largest absolute Gasteiger partial charge is 0.352 e. The van der Waals surface area contributed by atoms with Crippen LogP contribution in [0.5, 0.6) is 0 Å². The summed E-state index contributed by atoms with van der Waals surface area (Å²) in [4.78, 5) is 12.0. The summed E-state index contributed by atoms with van der Waals surface area (Å²) in [6, 6.07) is 0. The van der Waals surface area contributed by atoms with Gasteiger partial charge in [0, 0.05) is 24.2 Å². The summed E-state index contributed by atoms with van der Waals surface area (Å²) in [7, 11) is 0. The minimum Gasteiger partial charge on any atom is -0.352 e. The monoisotopic (exact) mass is 235 g/mol. The van der Waals surface area contributed by atoms with Crippen LogP contribution in [-0.2, 0) is 11.3 Å². The van der Waals surface area contributed by atoms with Crippen LogP contribution in [-0.4, -0.2) is 16.1 Å². The van der Waals surface area contributed by atoms with Crippen molar-refractivity contribution in [3.05, 3.63) is 18.0 Å². The van der Waals surface area contributed by atoms with Crippen molar-refractivity contribution in [2.45, 2.75) is 46.1 Å². The van der Waals surface area contributed by atoms with Crippen LogP contribution in [0.4, 0.5) is 0 Å². The number of H-pyrrole nitrogens is 1. The van der Waals surface area contributed by atoms with Crippen LogP contribution < -0.4 is 5.32 Å². The molecule has 0 radical (unpaired) electrons. The molecular formula is C13H21N3O. The Morgan fingerprint density at radius 2 is 2.24 bits per heavy atom. The minimum absolute atomic E-state index is 0.196. The van der Waals surface area contributed by atoms with Gasteiger partial charge in [-0.1, -0.05) is 13.8 Å². The van der Waals surface area contributed by atoms with Crippen molar-refractivity contribution >= 4 is 5.91 Å². The highest BCUT2D eigenvalue weighted by atomic mass is 16.1. The summed E-state index contributed by atoms with van der Waals surface area (Å²) in [6.45, 7) is 5.15. The van der Waals surface area contributed by atoms with Gasteiger partial charge in [-0.25, -0.2) is 0 Å².